The molecule has 0 fully saturated rings. The molecule has 0 saturated heterocycles. The molecular formula is C19H22ClN3O4S. The van der Waals surface area contributed by atoms with Gasteiger partial charge in [0.05, 0.1) is 34.6 Å². The first kappa shape index (κ1) is 22.1. The Kier molecular flexibility index (Phi) is 8.64. The van der Waals surface area contributed by atoms with E-state index in [1.807, 2.05) is 0 Å². The van der Waals surface area contributed by atoms with Crippen LogP contribution in [-0.2, 0) is 14.3 Å². The van der Waals surface area contributed by atoms with E-state index >= 15 is 0 Å². The number of rotatable bonds is 9. The van der Waals surface area contributed by atoms with Gasteiger partial charge in [-0.25, -0.2) is 0 Å². The number of hydrogen-bond acceptors (Lipinski definition) is 6. The molecule has 7 nitrogen and oxygen atoms in total. The maximum atomic E-state index is 12.2. The Bertz CT molecular complexity index is 807. The highest BCUT2D eigenvalue weighted by molar-refractivity contribution is 8.03. The van der Waals surface area contributed by atoms with Crippen molar-refractivity contribution >= 4 is 35.2 Å². The number of nitriles is 1. The monoisotopic (exact) mass is 423 g/mol. The molecule has 1 aromatic carbocycles. The number of carbonyl (C=O) groups excluding carboxylic acids is 2. The summed E-state index contributed by atoms with van der Waals surface area (Å²) in [5.74, 6) is -0.180. The van der Waals surface area contributed by atoms with Crippen LogP contribution in [0.2, 0.25) is 5.02 Å². The summed E-state index contributed by atoms with van der Waals surface area (Å²) in [5, 5.41) is 16.0. The van der Waals surface area contributed by atoms with Crippen molar-refractivity contribution in [2.75, 3.05) is 33.1 Å². The average molecular weight is 424 g/mol. The molecule has 0 unspecified atom stereocenters. The summed E-state index contributed by atoms with van der Waals surface area (Å²) >= 11 is 7.33. The third-order valence-electron chi connectivity index (χ3n) is 4.13. The highest BCUT2D eigenvalue weighted by atomic mass is 35.5. The summed E-state index contributed by atoms with van der Waals surface area (Å²) in [4.78, 5) is 24.1. The number of nitrogens with zero attached hydrogens (tertiary/aromatic N) is 1. The quantitative estimate of drug-likeness (QED) is 0.592. The zero-order valence-electron chi connectivity index (χ0n) is 15.7. The molecule has 0 aliphatic carbocycles. The average Bonchev–Trinajstić information content (AvgIpc) is 2.69. The van der Waals surface area contributed by atoms with Gasteiger partial charge in [0.25, 0.3) is 0 Å². The van der Waals surface area contributed by atoms with E-state index in [9.17, 15) is 14.9 Å². The van der Waals surface area contributed by atoms with Crippen molar-refractivity contribution in [3.63, 3.8) is 0 Å². The molecule has 1 aliphatic heterocycles. The highest BCUT2D eigenvalue weighted by Crippen LogP contribution is 2.38. The van der Waals surface area contributed by atoms with E-state index in [2.05, 4.69) is 16.7 Å². The minimum absolute atomic E-state index is 0.101. The Morgan fingerprint density at radius 2 is 2.25 bits per heavy atom. The van der Waals surface area contributed by atoms with Crippen LogP contribution in [0.1, 0.15) is 24.3 Å². The lowest BCUT2D eigenvalue weighted by atomic mass is 9.87. The molecule has 0 radical (unpaired) electrons. The lowest BCUT2D eigenvalue weighted by Crippen LogP contribution is -2.32. The Morgan fingerprint density at radius 3 is 2.89 bits per heavy atom. The van der Waals surface area contributed by atoms with Gasteiger partial charge in [0.2, 0.25) is 11.8 Å². The second kappa shape index (κ2) is 11.0. The maximum Gasteiger partial charge on any atom is 0.230 e. The fraction of sp³-hybridized carbons (Fsp3) is 0.421. The molecule has 0 bridgehead atoms. The van der Waals surface area contributed by atoms with Crippen LogP contribution in [-0.4, -0.2) is 44.9 Å². The van der Waals surface area contributed by atoms with Gasteiger partial charge in [-0.05, 0) is 24.1 Å². The summed E-state index contributed by atoms with van der Waals surface area (Å²) in [6, 6.07) is 7.37. The fourth-order valence-corrected chi connectivity index (χ4v) is 3.92. The van der Waals surface area contributed by atoms with Crippen molar-refractivity contribution in [3.05, 3.63) is 39.4 Å². The van der Waals surface area contributed by atoms with Crippen LogP contribution in [0.3, 0.4) is 0 Å². The first-order valence-electron chi connectivity index (χ1n) is 8.66. The van der Waals surface area contributed by atoms with Crippen molar-refractivity contribution in [1.29, 1.82) is 5.26 Å². The number of carbonyl (C=O) groups is 2. The molecule has 2 amide bonds. The third-order valence-corrected chi connectivity index (χ3v) is 5.44. The van der Waals surface area contributed by atoms with Crippen LogP contribution in [0.15, 0.2) is 28.8 Å². The predicted molar refractivity (Wildman–Crippen MR) is 108 cm³/mol. The smallest absolute Gasteiger partial charge is 0.230 e. The second-order valence-corrected chi connectivity index (χ2v) is 7.43. The molecule has 0 saturated carbocycles. The number of thioether (sulfide) groups is 1. The molecule has 0 spiro atoms. The van der Waals surface area contributed by atoms with Crippen LogP contribution >= 0.6 is 23.4 Å². The van der Waals surface area contributed by atoms with E-state index in [-0.39, 0.29) is 24.0 Å². The minimum Gasteiger partial charge on any atom is -0.495 e. The van der Waals surface area contributed by atoms with Gasteiger partial charge in [0.15, 0.2) is 0 Å². The molecule has 1 aromatic rings. The number of amides is 2. The van der Waals surface area contributed by atoms with Crippen molar-refractivity contribution in [1.82, 2.24) is 10.6 Å². The Morgan fingerprint density at radius 1 is 1.46 bits per heavy atom. The van der Waals surface area contributed by atoms with E-state index in [0.717, 1.165) is 23.7 Å². The van der Waals surface area contributed by atoms with E-state index in [1.54, 1.807) is 25.3 Å². The second-order valence-electron chi connectivity index (χ2n) is 6.04. The molecule has 2 N–H and O–H groups in total. The molecule has 0 aromatic heterocycles. The molecular weight excluding hydrogens is 402 g/mol. The van der Waals surface area contributed by atoms with Gasteiger partial charge in [0, 0.05) is 32.6 Å². The van der Waals surface area contributed by atoms with Gasteiger partial charge in [0.1, 0.15) is 5.75 Å². The third kappa shape index (κ3) is 5.89. The number of halogens is 1. The first-order valence-corrected chi connectivity index (χ1v) is 10.0. The van der Waals surface area contributed by atoms with Crippen LogP contribution in [0.5, 0.6) is 5.75 Å². The number of benzene rings is 1. The zero-order chi connectivity index (χ0) is 20.5. The van der Waals surface area contributed by atoms with Gasteiger partial charge in [-0.3, -0.25) is 9.59 Å². The highest BCUT2D eigenvalue weighted by Gasteiger charge is 2.30. The first-order chi connectivity index (χ1) is 13.5. The van der Waals surface area contributed by atoms with Gasteiger partial charge in [-0.2, -0.15) is 5.26 Å². The zero-order valence-corrected chi connectivity index (χ0v) is 17.3. The molecule has 1 heterocycles. The van der Waals surface area contributed by atoms with Gasteiger partial charge >= 0.3 is 0 Å². The number of ether oxygens (including phenoxy) is 2. The van der Waals surface area contributed by atoms with E-state index in [4.69, 9.17) is 21.1 Å². The lowest BCUT2D eigenvalue weighted by Gasteiger charge is -2.25. The van der Waals surface area contributed by atoms with Crippen LogP contribution in [0, 0.1) is 11.3 Å². The molecule has 2 rings (SSSR count). The van der Waals surface area contributed by atoms with Crippen LogP contribution < -0.4 is 15.4 Å². The topological polar surface area (TPSA) is 100 Å². The van der Waals surface area contributed by atoms with E-state index < -0.39 is 5.92 Å². The molecule has 1 aliphatic rings. The minimum atomic E-state index is -0.422. The summed E-state index contributed by atoms with van der Waals surface area (Å²) in [7, 11) is 3.12. The Labute approximate surface area is 173 Å². The molecule has 150 valence electrons. The normalized spacial score (nSPS) is 16.4. The van der Waals surface area contributed by atoms with Gasteiger partial charge in [-0.15, -0.1) is 0 Å². The van der Waals surface area contributed by atoms with E-state index in [0.29, 0.717) is 34.5 Å². The van der Waals surface area contributed by atoms with Crippen LogP contribution in [0.25, 0.3) is 0 Å². The number of nitrogens with one attached hydrogen (secondary N) is 2. The SMILES string of the molecule is COCCCNC(=O)CSC1=C(C#N)[C@H](c2ccc(OC)c(Cl)c2)CC(=O)N1. The van der Waals surface area contributed by atoms with Crippen LogP contribution in [0.4, 0.5) is 0 Å². The summed E-state index contributed by atoms with van der Waals surface area (Å²) in [6.45, 7) is 1.08. The standard InChI is InChI=1S/C19H22ClN3O4S/c1-26-7-3-6-22-18(25)11-28-19-14(10-21)13(9-17(24)23-19)12-4-5-16(27-2)15(20)8-12/h4-5,8,13H,3,6-7,9,11H2,1-2H3,(H,22,25)(H,23,24)/t13-/m0/s1. The molecule has 1 atom stereocenters. The maximum absolute atomic E-state index is 12.2. The van der Waals surface area contributed by atoms with Crippen molar-refractivity contribution in [3.8, 4) is 11.8 Å². The van der Waals surface area contributed by atoms with Crippen molar-refractivity contribution < 1.29 is 19.1 Å². The Balaban J connectivity index is 2.13. The number of allylic oxidation sites excluding steroid dienone is 1. The predicted octanol–water partition coefficient (Wildman–Crippen LogP) is 2.57. The summed E-state index contributed by atoms with van der Waals surface area (Å²) in [6.07, 6.45) is 0.856. The largest absolute Gasteiger partial charge is 0.495 e. The molecule has 9 heteroatoms. The van der Waals surface area contributed by atoms with E-state index in [1.165, 1.54) is 7.11 Å². The number of methoxy groups -OCH3 is 2. The lowest BCUT2D eigenvalue weighted by molar-refractivity contribution is -0.121. The summed E-state index contributed by atoms with van der Waals surface area (Å²) in [5.41, 5.74) is 1.16. The molecule has 28 heavy (non-hydrogen) atoms. The van der Waals surface area contributed by atoms with Crippen molar-refractivity contribution in [2.45, 2.75) is 18.8 Å². The number of hydrogen-bond donors (Lipinski definition) is 2. The Hall–Kier alpha value is -2.21. The van der Waals surface area contributed by atoms with Gasteiger partial charge in [-0.1, -0.05) is 29.4 Å². The van der Waals surface area contributed by atoms with Gasteiger partial charge < -0.3 is 20.1 Å². The van der Waals surface area contributed by atoms with Crippen molar-refractivity contribution in [2.24, 2.45) is 0 Å². The summed E-state index contributed by atoms with van der Waals surface area (Å²) < 4.78 is 10.1. The fourth-order valence-electron chi connectivity index (χ4n) is 2.75.